The van der Waals surface area contributed by atoms with E-state index in [-0.39, 0.29) is 5.82 Å². The van der Waals surface area contributed by atoms with Crippen molar-refractivity contribution in [3.8, 4) is 0 Å². The highest BCUT2D eigenvalue weighted by Crippen LogP contribution is 2.07. The summed E-state index contributed by atoms with van der Waals surface area (Å²) in [5.74, 6) is -0.152. The van der Waals surface area contributed by atoms with Crippen molar-refractivity contribution in [2.75, 3.05) is 26.2 Å². The first-order valence-corrected chi connectivity index (χ1v) is 6.52. The molecule has 2 nitrogen and oxygen atoms in total. The molecule has 1 aromatic carbocycles. The molecule has 94 valence electrons. The third-order valence-corrected chi connectivity index (χ3v) is 3.24. The molecular weight excluding hydrogens is 215 g/mol. The summed E-state index contributed by atoms with van der Waals surface area (Å²) in [6.45, 7) is 5.49. The lowest BCUT2D eigenvalue weighted by molar-refractivity contribution is 0.331. The second kappa shape index (κ2) is 6.72. The quantitative estimate of drug-likeness (QED) is 0.763. The number of hydrogen-bond acceptors (Lipinski definition) is 2. The lowest BCUT2D eigenvalue weighted by atomic mass is 10.2. The van der Waals surface area contributed by atoms with Crippen LogP contribution in [0.4, 0.5) is 4.39 Å². The highest BCUT2D eigenvalue weighted by molar-refractivity contribution is 5.15. The van der Waals surface area contributed by atoms with Crippen LogP contribution in [0.15, 0.2) is 24.3 Å². The van der Waals surface area contributed by atoms with Crippen molar-refractivity contribution in [1.82, 2.24) is 10.2 Å². The first-order valence-electron chi connectivity index (χ1n) is 6.52. The maximum atomic E-state index is 12.9. The summed E-state index contributed by atoms with van der Waals surface area (Å²) in [5, 5.41) is 3.36. The van der Waals surface area contributed by atoms with Crippen molar-refractivity contribution in [2.24, 2.45) is 0 Å². The fourth-order valence-electron chi connectivity index (χ4n) is 2.31. The zero-order valence-electron chi connectivity index (χ0n) is 10.3. The molecule has 0 spiro atoms. The van der Waals surface area contributed by atoms with E-state index in [2.05, 4.69) is 10.2 Å². The van der Waals surface area contributed by atoms with Gasteiger partial charge in [-0.1, -0.05) is 12.1 Å². The van der Waals surface area contributed by atoms with Crippen LogP contribution in [-0.2, 0) is 6.54 Å². The minimum Gasteiger partial charge on any atom is -0.313 e. The Morgan fingerprint density at radius 1 is 1.24 bits per heavy atom. The second-order valence-corrected chi connectivity index (χ2v) is 4.71. The Hall–Kier alpha value is -0.930. The van der Waals surface area contributed by atoms with E-state index in [0.717, 1.165) is 18.7 Å². The van der Waals surface area contributed by atoms with Gasteiger partial charge in [0.25, 0.3) is 0 Å². The molecule has 3 heteroatoms. The molecule has 1 saturated heterocycles. The van der Waals surface area contributed by atoms with Gasteiger partial charge in [-0.2, -0.15) is 0 Å². The average molecular weight is 236 g/mol. The van der Waals surface area contributed by atoms with Crippen molar-refractivity contribution in [3.63, 3.8) is 0 Å². The lowest BCUT2D eigenvalue weighted by Crippen LogP contribution is -2.24. The molecule has 0 atom stereocenters. The number of hydrogen-bond donors (Lipinski definition) is 1. The zero-order valence-corrected chi connectivity index (χ0v) is 10.3. The summed E-state index contributed by atoms with van der Waals surface area (Å²) in [6, 6.07) is 6.79. The predicted octanol–water partition coefficient (Wildman–Crippen LogP) is 2.40. The minimum absolute atomic E-state index is 0.152. The number of likely N-dealkylation sites (tertiary alicyclic amines) is 1. The van der Waals surface area contributed by atoms with Crippen LogP contribution in [0.2, 0.25) is 0 Å². The van der Waals surface area contributed by atoms with Crippen molar-refractivity contribution < 1.29 is 4.39 Å². The van der Waals surface area contributed by atoms with Crippen LogP contribution < -0.4 is 5.32 Å². The Balaban J connectivity index is 1.56. The third kappa shape index (κ3) is 4.44. The van der Waals surface area contributed by atoms with Crippen molar-refractivity contribution in [2.45, 2.75) is 25.8 Å². The van der Waals surface area contributed by atoms with E-state index in [4.69, 9.17) is 0 Å². The standard InChI is InChI=1S/C14H21FN2/c15-14-6-3-5-13(11-14)12-16-7-4-10-17-8-1-2-9-17/h3,5-6,11,16H,1-2,4,7-10,12H2. The van der Waals surface area contributed by atoms with Crippen molar-refractivity contribution in [3.05, 3.63) is 35.6 Å². The normalized spacial score (nSPS) is 16.5. The van der Waals surface area contributed by atoms with Crippen LogP contribution in [0.5, 0.6) is 0 Å². The molecule has 1 aliphatic rings. The molecular formula is C14H21FN2. The van der Waals surface area contributed by atoms with Crippen LogP contribution in [0, 0.1) is 5.82 Å². The van der Waals surface area contributed by atoms with Crippen LogP contribution >= 0.6 is 0 Å². The van der Waals surface area contributed by atoms with E-state index in [1.807, 2.05) is 6.07 Å². The van der Waals surface area contributed by atoms with Gasteiger partial charge in [0, 0.05) is 6.54 Å². The van der Waals surface area contributed by atoms with E-state index >= 15 is 0 Å². The first kappa shape index (κ1) is 12.5. The van der Waals surface area contributed by atoms with Crippen LogP contribution in [0.1, 0.15) is 24.8 Å². The minimum atomic E-state index is -0.152. The number of nitrogens with one attached hydrogen (secondary N) is 1. The zero-order chi connectivity index (χ0) is 11.9. The number of halogens is 1. The molecule has 0 amide bonds. The van der Waals surface area contributed by atoms with Gasteiger partial charge >= 0.3 is 0 Å². The Bertz CT molecular complexity index is 335. The highest BCUT2D eigenvalue weighted by atomic mass is 19.1. The Morgan fingerprint density at radius 2 is 2.06 bits per heavy atom. The average Bonchev–Trinajstić information content (AvgIpc) is 2.82. The van der Waals surface area contributed by atoms with Crippen LogP contribution in [0.25, 0.3) is 0 Å². The van der Waals surface area contributed by atoms with Gasteiger partial charge in [-0.15, -0.1) is 0 Å². The predicted molar refractivity (Wildman–Crippen MR) is 68.4 cm³/mol. The lowest BCUT2D eigenvalue weighted by Gasteiger charge is -2.14. The van der Waals surface area contributed by atoms with Gasteiger partial charge in [-0.05, 0) is 63.1 Å². The summed E-state index contributed by atoms with van der Waals surface area (Å²) in [5.41, 5.74) is 1.02. The maximum absolute atomic E-state index is 12.9. The molecule has 2 rings (SSSR count). The maximum Gasteiger partial charge on any atom is 0.123 e. The fourth-order valence-corrected chi connectivity index (χ4v) is 2.31. The molecule has 1 aliphatic heterocycles. The fraction of sp³-hybridized carbons (Fsp3) is 0.571. The Morgan fingerprint density at radius 3 is 2.82 bits per heavy atom. The smallest absolute Gasteiger partial charge is 0.123 e. The second-order valence-electron chi connectivity index (χ2n) is 4.71. The Kier molecular flexibility index (Phi) is 4.95. The van der Waals surface area contributed by atoms with Crippen molar-refractivity contribution in [1.29, 1.82) is 0 Å². The molecule has 17 heavy (non-hydrogen) atoms. The van der Waals surface area contributed by atoms with Gasteiger partial charge in [0.05, 0.1) is 0 Å². The number of nitrogens with zero attached hydrogens (tertiary/aromatic N) is 1. The topological polar surface area (TPSA) is 15.3 Å². The van der Waals surface area contributed by atoms with E-state index in [0.29, 0.717) is 0 Å². The monoisotopic (exact) mass is 236 g/mol. The van der Waals surface area contributed by atoms with Gasteiger partial charge in [-0.25, -0.2) is 4.39 Å². The molecule has 0 aliphatic carbocycles. The van der Waals surface area contributed by atoms with Gasteiger partial charge < -0.3 is 10.2 Å². The van der Waals surface area contributed by atoms with E-state index in [1.54, 1.807) is 12.1 Å². The highest BCUT2D eigenvalue weighted by Gasteiger charge is 2.09. The number of rotatable bonds is 6. The van der Waals surface area contributed by atoms with E-state index in [1.165, 1.54) is 45.0 Å². The van der Waals surface area contributed by atoms with Crippen molar-refractivity contribution >= 4 is 0 Å². The molecule has 1 aromatic rings. The summed E-state index contributed by atoms with van der Waals surface area (Å²) >= 11 is 0. The van der Waals surface area contributed by atoms with Gasteiger partial charge in [-0.3, -0.25) is 0 Å². The van der Waals surface area contributed by atoms with Gasteiger partial charge in [0.15, 0.2) is 0 Å². The summed E-state index contributed by atoms with van der Waals surface area (Å²) in [7, 11) is 0. The molecule has 0 radical (unpaired) electrons. The SMILES string of the molecule is Fc1cccc(CNCCCN2CCCC2)c1. The molecule has 1 N–H and O–H groups in total. The van der Waals surface area contributed by atoms with E-state index in [9.17, 15) is 4.39 Å². The molecule has 0 bridgehead atoms. The molecule has 0 aromatic heterocycles. The van der Waals surface area contributed by atoms with Crippen LogP contribution in [-0.4, -0.2) is 31.1 Å². The molecule has 1 heterocycles. The third-order valence-electron chi connectivity index (χ3n) is 3.24. The first-order chi connectivity index (χ1) is 8.34. The summed E-state index contributed by atoms with van der Waals surface area (Å²) < 4.78 is 12.9. The summed E-state index contributed by atoms with van der Waals surface area (Å²) in [4.78, 5) is 2.52. The largest absolute Gasteiger partial charge is 0.313 e. The van der Waals surface area contributed by atoms with Gasteiger partial charge in [0.2, 0.25) is 0 Å². The van der Waals surface area contributed by atoms with Crippen LogP contribution in [0.3, 0.4) is 0 Å². The van der Waals surface area contributed by atoms with E-state index < -0.39 is 0 Å². The Labute approximate surface area is 103 Å². The molecule has 1 fully saturated rings. The molecule has 0 unspecified atom stereocenters. The summed E-state index contributed by atoms with van der Waals surface area (Å²) in [6.07, 6.45) is 3.89. The molecule has 0 saturated carbocycles. The number of benzene rings is 1. The van der Waals surface area contributed by atoms with Gasteiger partial charge in [0.1, 0.15) is 5.82 Å².